The molecule has 0 saturated carbocycles. The number of hydrogen-bond acceptors (Lipinski definition) is 4. The molecule has 0 saturated heterocycles. The molecule has 5 heteroatoms. The molecule has 0 amide bonds. The van der Waals surface area contributed by atoms with Crippen LogP contribution in [0.2, 0.25) is 0 Å². The minimum absolute atomic E-state index is 0.129. The highest BCUT2D eigenvalue weighted by Gasteiger charge is 2.12. The molecule has 0 aliphatic carbocycles. The first-order valence-corrected chi connectivity index (χ1v) is 7.13. The van der Waals surface area contributed by atoms with Gasteiger partial charge in [-0.3, -0.25) is 9.36 Å². The Balaban J connectivity index is 2.62. The normalized spacial score (nSPS) is 10.6. The second-order valence-corrected chi connectivity index (χ2v) is 5.35. The van der Waals surface area contributed by atoms with Gasteiger partial charge in [0.15, 0.2) is 0 Å². The van der Waals surface area contributed by atoms with E-state index in [1.165, 1.54) is 4.57 Å². The number of ether oxygens (including phenoxy) is 1. The lowest BCUT2D eigenvalue weighted by Crippen LogP contribution is -2.24. The first kappa shape index (κ1) is 16.4. The summed E-state index contributed by atoms with van der Waals surface area (Å²) in [4.78, 5) is 14.6. The summed E-state index contributed by atoms with van der Waals surface area (Å²) in [6.07, 6.45) is 3.58. The molecule has 1 aromatic carbocycles. The second-order valence-electron chi connectivity index (χ2n) is 5.35. The Morgan fingerprint density at radius 2 is 1.91 bits per heavy atom. The summed E-state index contributed by atoms with van der Waals surface area (Å²) in [7, 11) is 5.36. The van der Waals surface area contributed by atoms with Crippen LogP contribution < -0.4 is 10.3 Å². The first-order chi connectivity index (χ1) is 11.0. The van der Waals surface area contributed by atoms with Gasteiger partial charge in [0.25, 0.3) is 5.56 Å². The molecule has 0 unspecified atom stereocenters. The summed E-state index contributed by atoms with van der Waals surface area (Å²) in [6, 6.07) is 11.0. The Morgan fingerprint density at radius 1 is 1.26 bits per heavy atom. The van der Waals surface area contributed by atoms with Crippen LogP contribution in [0.25, 0.3) is 11.8 Å². The second kappa shape index (κ2) is 6.84. The van der Waals surface area contributed by atoms with E-state index in [9.17, 15) is 10.1 Å². The van der Waals surface area contributed by atoms with Crippen LogP contribution in [0, 0.1) is 18.3 Å². The number of aromatic nitrogens is 1. The van der Waals surface area contributed by atoms with Crippen molar-refractivity contribution < 1.29 is 4.74 Å². The summed E-state index contributed by atoms with van der Waals surface area (Å²) < 4.78 is 6.66. The number of benzene rings is 1. The SMILES string of the molecule is COc1ccc(-n2c(C)cc(C=CN(C)C)c(C#N)c2=O)cc1. The molecule has 2 rings (SSSR count). The van der Waals surface area contributed by atoms with Crippen molar-refractivity contribution in [3.63, 3.8) is 0 Å². The predicted octanol–water partition coefficient (Wildman–Crippen LogP) is 2.56. The van der Waals surface area contributed by atoms with E-state index in [0.29, 0.717) is 17.0 Å². The number of nitrogens with zero attached hydrogens (tertiary/aromatic N) is 3. The van der Waals surface area contributed by atoms with Gasteiger partial charge in [-0.2, -0.15) is 5.26 Å². The lowest BCUT2D eigenvalue weighted by Gasteiger charge is -2.13. The number of hydrogen-bond donors (Lipinski definition) is 0. The number of aryl methyl sites for hydroxylation is 1. The predicted molar refractivity (Wildman–Crippen MR) is 90.8 cm³/mol. The Kier molecular flexibility index (Phi) is 4.87. The molecule has 1 aromatic heterocycles. The first-order valence-electron chi connectivity index (χ1n) is 7.13. The molecule has 0 bridgehead atoms. The molecule has 0 fully saturated rings. The Hall–Kier alpha value is -3.00. The highest BCUT2D eigenvalue weighted by molar-refractivity contribution is 5.58. The Labute approximate surface area is 135 Å². The van der Waals surface area contributed by atoms with Crippen molar-refractivity contribution in [3.8, 4) is 17.5 Å². The van der Waals surface area contributed by atoms with Gasteiger partial charge < -0.3 is 9.64 Å². The number of methoxy groups -OCH3 is 1. The minimum atomic E-state index is -0.323. The average molecular weight is 309 g/mol. The van der Waals surface area contributed by atoms with Crippen LogP contribution in [-0.4, -0.2) is 30.7 Å². The fourth-order valence-corrected chi connectivity index (χ4v) is 2.28. The van der Waals surface area contributed by atoms with E-state index in [1.54, 1.807) is 37.5 Å². The van der Waals surface area contributed by atoms with Crippen molar-refractivity contribution in [1.29, 1.82) is 5.26 Å². The van der Waals surface area contributed by atoms with Gasteiger partial charge in [-0.05, 0) is 49.5 Å². The van der Waals surface area contributed by atoms with Crippen LogP contribution in [0.1, 0.15) is 16.8 Å². The summed E-state index contributed by atoms with van der Waals surface area (Å²) in [6.45, 7) is 1.85. The van der Waals surface area contributed by atoms with E-state index in [0.717, 1.165) is 5.69 Å². The Morgan fingerprint density at radius 3 is 2.43 bits per heavy atom. The van der Waals surface area contributed by atoms with Crippen molar-refractivity contribution >= 4 is 6.08 Å². The van der Waals surface area contributed by atoms with Crippen molar-refractivity contribution in [2.45, 2.75) is 6.92 Å². The molecule has 23 heavy (non-hydrogen) atoms. The molecular formula is C18H19N3O2. The van der Waals surface area contributed by atoms with E-state index in [-0.39, 0.29) is 11.1 Å². The van der Waals surface area contributed by atoms with Gasteiger partial charge in [-0.25, -0.2) is 0 Å². The monoisotopic (exact) mass is 309 g/mol. The smallest absolute Gasteiger partial charge is 0.273 e. The van der Waals surface area contributed by atoms with Crippen molar-refractivity contribution in [2.75, 3.05) is 21.2 Å². The van der Waals surface area contributed by atoms with Crippen LogP contribution >= 0.6 is 0 Å². The van der Waals surface area contributed by atoms with Crippen LogP contribution in [0.15, 0.2) is 41.3 Å². The molecule has 0 aliphatic heterocycles. The van der Waals surface area contributed by atoms with Gasteiger partial charge in [0.05, 0.1) is 7.11 Å². The fraction of sp³-hybridized carbons (Fsp3) is 0.222. The van der Waals surface area contributed by atoms with Crippen LogP contribution in [0.4, 0.5) is 0 Å². The highest BCUT2D eigenvalue weighted by atomic mass is 16.5. The quantitative estimate of drug-likeness (QED) is 0.871. The number of nitriles is 1. The topological polar surface area (TPSA) is 58.3 Å². The molecule has 0 atom stereocenters. The van der Waals surface area contributed by atoms with Gasteiger partial charge in [0, 0.05) is 31.0 Å². The summed E-state index contributed by atoms with van der Waals surface area (Å²) >= 11 is 0. The zero-order valence-electron chi connectivity index (χ0n) is 13.7. The van der Waals surface area contributed by atoms with Gasteiger partial charge >= 0.3 is 0 Å². The van der Waals surface area contributed by atoms with Gasteiger partial charge in [0.2, 0.25) is 0 Å². The highest BCUT2D eigenvalue weighted by Crippen LogP contribution is 2.17. The third-order valence-corrected chi connectivity index (χ3v) is 3.42. The van der Waals surface area contributed by atoms with Crippen LogP contribution in [0.3, 0.4) is 0 Å². The lowest BCUT2D eigenvalue weighted by atomic mass is 10.1. The summed E-state index contributed by atoms with van der Waals surface area (Å²) in [5, 5.41) is 9.38. The van der Waals surface area contributed by atoms with Gasteiger partial charge in [-0.15, -0.1) is 0 Å². The molecule has 2 aromatic rings. The maximum absolute atomic E-state index is 12.7. The summed E-state index contributed by atoms with van der Waals surface area (Å²) in [5.41, 5.74) is 1.89. The number of rotatable bonds is 4. The molecule has 0 N–H and O–H groups in total. The van der Waals surface area contributed by atoms with E-state index < -0.39 is 0 Å². The minimum Gasteiger partial charge on any atom is -0.497 e. The van der Waals surface area contributed by atoms with Crippen molar-refractivity contribution in [2.24, 2.45) is 0 Å². The van der Waals surface area contributed by atoms with Crippen LogP contribution in [0.5, 0.6) is 5.75 Å². The lowest BCUT2D eigenvalue weighted by molar-refractivity contribution is 0.414. The maximum atomic E-state index is 12.7. The molecular weight excluding hydrogens is 290 g/mol. The van der Waals surface area contributed by atoms with Gasteiger partial charge in [0.1, 0.15) is 17.4 Å². The number of pyridine rings is 1. The molecule has 118 valence electrons. The zero-order chi connectivity index (χ0) is 17.0. The third-order valence-electron chi connectivity index (χ3n) is 3.42. The maximum Gasteiger partial charge on any atom is 0.273 e. The summed E-state index contributed by atoms with van der Waals surface area (Å²) in [5.74, 6) is 0.713. The largest absolute Gasteiger partial charge is 0.497 e. The molecule has 0 aliphatic rings. The fourth-order valence-electron chi connectivity index (χ4n) is 2.28. The van der Waals surface area contributed by atoms with E-state index in [1.807, 2.05) is 44.3 Å². The van der Waals surface area contributed by atoms with Crippen molar-refractivity contribution in [1.82, 2.24) is 9.47 Å². The standard InChI is InChI=1S/C18H19N3O2/c1-13-11-14(9-10-20(2)3)17(12-19)18(22)21(13)15-5-7-16(23-4)8-6-15/h5-11H,1-4H3. The zero-order valence-corrected chi connectivity index (χ0v) is 13.7. The third kappa shape index (κ3) is 3.43. The van der Waals surface area contributed by atoms with Crippen molar-refractivity contribution in [3.05, 3.63) is 63.7 Å². The molecule has 5 nitrogen and oxygen atoms in total. The Bertz CT molecular complexity index is 825. The van der Waals surface area contributed by atoms with E-state index in [2.05, 4.69) is 0 Å². The van der Waals surface area contributed by atoms with Gasteiger partial charge in [-0.1, -0.05) is 0 Å². The molecule has 0 radical (unpaired) electrons. The van der Waals surface area contributed by atoms with E-state index >= 15 is 0 Å². The van der Waals surface area contributed by atoms with Crippen LogP contribution in [-0.2, 0) is 0 Å². The van der Waals surface area contributed by atoms with E-state index in [4.69, 9.17) is 4.74 Å². The molecule has 1 heterocycles. The average Bonchev–Trinajstić information content (AvgIpc) is 2.53. The molecule has 0 spiro atoms.